The van der Waals surface area contributed by atoms with Gasteiger partial charge in [0.15, 0.2) is 0 Å². The summed E-state index contributed by atoms with van der Waals surface area (Å²) in [5.41, 5.74) is 5.86. The molecule has 0 nitrogen and oxygen atoms in total. The second-order valence-electron chi connectivity index (χ2n) is 8.97. The van der Waals surface area contributed by atoms with E-state index in [0.29, 0.717) is 0 Å². The minimum Gasteiger partial charge on any atom is -0.152 e. The Morgan fingerprint density at radius 1 is 0.345 bits per heavy atom. The summed E-state index contributed by atoms with van der Waals surface area (Å²) in [6.07, 6.45) is 0. The molecule has 5 aromatic carbocycles. The number of hydrogen-bond donors (Lipinski definition) is 0. The SMILES string of the molecule is CC#Cc1ccccc1.C[As](c1ccccc1)c1ccccc1.C[As](c1ccccc1)c1ccccc1.FP(F)F.FP(F)F.FP(F)F.FP(F)F.[Rh].[Rh]. The first-order chi connectivity index (χ1) is 25.1. The van der Waals surface area contributed by atoms with E-state index >= 15 is 0 Å². The molecule has 0 N–H and O–H groups in total. The summed E-state index contributed by atoms with van der Waals surface area (Å²) in [7, 11) is -16.5. The van der Waals surface area contributed by atoms with Crippen molar-refractivity contribution >= 4 is 82.1 Å². The van der Waals surface area contributed by atoms with E-state index in [4.69, 9.17) is 0 Å². The summed E-state index contributed by atoms with van der Waals surface area (Å²) in [4.78, 5) is 0. The smallest absolute Gasteiger partial charge is 0.152 e. The molecule has 0 aromatic heterocycles. The van der Waals surface area contributed by atoms with Gasteiger partial charge in [-0.1, -0.05) is 24.1 Å². The van der Waals surface area contributed by atoms with Gasteiger partial charge < -0.3 is 0 Å². The Morgan fingerprint density at radius 3 is 0.673 bits per heavy atom. The third-order valence-corrected chi connectivity index (χ3v) is 14.6. The molecule has 0 saturated carbocycles. The maximum absolute atomic E-state index is 9.73. The van der Waals surface area contributed by atoms with Gasteiger partial charge in [0, 0.05) is 44.5 Å². The van der Waals surface area contributed by atoms with E-state index in [1.807, 2.05) is 37.3 Å². The van der Waals surface area contributed by atoms with Crippen LogP contribution in [0.3, 0.4) is 0 Å². The minimum atomic E-state index is -4.12. The predicted octanol–water partition coefficient (Wildman–Crippen LogP) is 14.4. The first-order valence-electron chi connectivity index (χ1n) is 14.4. The summed E-state index contributed by atoms with van der Waals surface area (Å²) < 4.78 is 123. The monoisotopic (exact) mass is 1160 g/mol. The molecule has 5 aromatic rings. The van der Waals surface area contributed by atoms with E-state index in [2.05, 4.69) is 145 Å². The van der Waals surface area contributed by atoms with Crippen molar-refractivity contribution in [1.29, 1.82) is 0 Å². The van der Waals surface area contributed by atoms with Crippen molar-refractivity contribution in [3.8, 4) is 11.8 Å². The van der Waals surface area contributed by atoms with Gasteiger partial charge in [-0.2, -0.15) is 50.4 Å². The topological polar surface area (TPSA) is 0 Å². The van der Waals surface area contributed by atoms with E-state index in [1.165, 1.54) is 17.4 Å². The first-order valence-corrected chi connectivity index (χ1v) is 25.9. The maximum atomic E-state index is 9.73. The molecular weight excluding hydrogens is 1130 g/mol. The van der Waals surface area contributed by atoms with Crippen LogP contribution in [0.1, 0.15) is 12.5 Å². The van der Waals surface area contributed by atoms with Gasteiger partial charge in [0.2, 0.25) is 0 Å². The molecule has 0 aliphatic carbocycles. The van der Waals surface area contributed by atoms with Gasteiger partial charge in [-0.25, -0.2) is 0 Å². The fourth-order valence-electron chi connectivity index (χ4n) is 3.57. The Bertz CT molecular complexity index is 1390. The minimum absolute atomic E-state index is 0. The summed E-state index contributed by atoms with van der Waals surface area (Å²) in [5.74, 6) is 5.79. The molecule has 0 heterocycles. The Kier molecular flexibility index (Phi) is 45.2. The van der Waals surface area contributed by atoms with Crippen molar-refractivity contribution in [2.24, 2.45) is 0 Å². The fraction of sp³-hybridized carbons (Fsp3) is 0.0857. The molecule has 0 amide bonds. The van der Waals surface area contributed by atoms with Crippen LogP contribution >= 0.6 is 35.4 Å². The maximum Gasteiger partial charge on any atom is 0.456 e. The zero-order valence-electron chi connectivity index (χ0n) is 28.8. The van der Waals surface area contributed by atoms with E-state index in [0.717, 1.165) is 5.56 Å². The van der Waals surface area contributed by atoms with Crippen LogP contribution in [0.15, 0.2) is 152 Å². The largest absolute Gasteiger partial charge is 0.456 e. The van der Waals surface area contributed by atoms with Crippen LogP contribution in [0.2, 0.25) is 11.4 Å². The van der Waals surface area contributed by atoms with Gasteiger partial charge in [0.05, 0.1) is 0 Å². The van der Waals surface area contributed by atoms with Gasteiger partial charge in [-0.05, 0) is 19.1 Å². The molecule has 0 aliphatic heterocycles. The van der Waals surface area contributed by atoms with E-state index in [-0.39, 0.29) is 39.0 Å². The molecule has 0 aliphatic rings. The summed E-state index contributed by atoms with van der Waals surface area (Å²) in [6, 6.07) is 53.2. The van der Waals surface area contributed by atoms with Crippen molar-refractivity contribution in [2.45, 2.75) is 18.3 Å². The van der Waals surface area contributed by atoms with Crippen molar-refractivity contribution in [2.75, 3.05) is 0 Å². The van der Waals surface area contributed by atoms with Crippen molar-refractivity contribution in [1.82, 2.24) is 0 Å². The zero-order chi connectivity index (χ0) is 40.4. The number of rotatable bonds is 4. The van der Waals surface area contributed by atoms with E-state index in [1.54, 1.807) is 0 Å². The molecule has 5 rings (SSSR count). The van der Waals surface area contributed by atoms with Gasteiger partial charge >= 0.3 is 215 Å². The average Bonchev–Trinajstić information content (AvgIpc) is 3.13. The number of hydrogen-bond acceptors (Lipinski definition) is 0. The second-order valence-corrected chi connectivity index (χ2v) is 19.5. The molecule has 0 bridgehead atoms. The molecule has 20 heteroatoms. The van der Waals surface area contributed by atoms with Crippen LogP contribution in [0.5, 0.6) is 0 Å². The van der Waals surface area contributed by atoms with Crippen LogP contribution in [0, 0.1) is 11.8 Å². The Labute approximate surface area is 356 Å². The fourth-order valence-corrected chi connectivity index (χ4v) is 10.0. The average molecular weight is 1160 g/mol. The van der Waals surface area contributed by atoms with Gasteiger partial charge in [-0.3, -0.25) is 0 Å². The standard InChI is InChI=1S/2C13H13As.C9H8.4F3P.2Rh/c2*1-14(12-8-4-2-5-9-12)13-10-6-3-7-11-13;1-2-6-9-7-4-3-5-8-9;4*1-4(2)3;;/h2*2-11H,1H3;3-5,7-8H,1H3;;;;;;. The third kappa shape index (κ3) is 40.9. The normalized spacial score (nSPS) is 9.18. The quantitative estimate of drug-likeness (QED) is 0.0728. The Morgan fingerprint density at radius 2 is 0.509 bits per heavy atom. The van der Waals surface area contributed by atoms with Crippen LogP contribution < -0.4 is 17.4 Å². The predicted molar refractivity (Wildman–Crippen MR) is 208 cm³/mol. The molecule has 55 heavy (non-hydrogen) atoms. The van der Waals surface area contributed by atoms with Crippen molar-refractivity contribution < 1.29 is 89.3 Å². The molecule has 2 radical (unpaired) electrons. The number of halogens is 12. The second kappa shape index (κ2) is 41.1. The van der Waals surface area contributed by atoms with Crippen LogP contribution in [0.25, 0.3) is 0 Å². The van der Waals surface area contributed by atoms with Crippen LogP contribution in [-0.4, -0.2) is 29.3 Å². The molecule has 0 spiro atoms. The summed E-state index contributed by atoms with van der Waals surface area (Å²) in [6.45, 7) is 1.84. The molecule has 0 fully saturated rings. The number of benzene rings is 5. The summed E-state index contributed by atoms with van der Waals surface area (Å²) >= 11 is -1.98. The molecular formula is C35H34As2F12P4Rh2. The molecule has 0 saturated heterocycles. The third-order valence-electron chi connectivity index (χ3n) is 5.62. The van der Waals surface area contributed by atoms with Gasteiger partial charge in [0.25, 0.3) is 0 Å². The first kappa shape index (κ1) is 60.6. The molecule has 0 unspecified atom stereocenters. The van der Waals surface area contributed by atoms with Gasteiger partial charge in [-0.15, -0.1) is 5.92 Å². The van der Waals surface area contributed by atoms with Crippen molar-refractivity contribution in [3.63, 3.8) is 0 Å². The van der Waals surface area contributed by atoms with E-state index in [9.17, 15) is 50.4 Å². The van der Waals surface area contributed by atoms with Crippen LogP contribution in [-0.2, 0) is 39.0 Å². The summed E-state index contributed by atoms with van der Waals surface area (Å²) in [5, 5.41) is 0. The van der Waals surface area contributed by atoms with Gasteiger partial charge in [0.1, 0.15) is 0 Å². The molecule has 306 valence electrons. The van der Waals surface area contributed by atoms with Crippen molar-refractivity contribution in [3.05, 3.63) is 157 Å². The Hall–Kier alpha value is -1.10. The Balaban J connectivity index is -0.000000296. The van der Waals surface area contributed by atoms with Crippen LogP contribution in [0.4, 0.5) is 50.4 Å². The van der Waals surface area contributed by atoms with E-state index < -0.39 is 64.7 Å². The zero-order valence-corrected chi connectivity index (χ0v) is 39.4. The molecule has 0 atom stereocenters.